The summed E-state index contributed by atoms with van der Waals surface area (Å²) in [5.74, 6) is 0.701. The molecule has 2 heterocycles. The van der Waals surface area contributed by atoms with Gasteiger partial charge in [-0.3, -0.25) is 9.69 Å². The highest BCUT2D eigenvalue weighted by Crippen LogP contribution is 2.34. The summed E-state index contributed by atoms with van der Waals surface area (Å²) in [7, 11) is 0. The van der Waals surface area contributed by atoms with Gasteiger partial charge in [0.15, 0.2) is 0 Å². The molecule has 6 nitrogen and oxygen atoms in total. The Hall–Kier alpha value is -2.00. The van der Waals surface area contributed by atoms with Gasteiger partial charge in [0.05, 0.1) is 25.3 Å². The first-order valence-corrected chi connectivity index (χ1v) is 13.0. The lowest BCUT2D eigenvalue weighted by molar-refractivity contribution is -0.136. The van der Waals surface area contributed by atoms with E-state index < -0.39 is 6.10 Å². The highest BCUT2D eigenvalue weighted by atomic mass is 32.1. The van der Waals surface area contributed by atoms with Crippen molar-refractivity contribution < 1.29 is 23.8 Å². The Morgan fingerprint density at radius 1 is 1.26 bits per heavy atom. The van der Waals surface area contributed by atoms with Crippen LogP contribution < -0.4 is 4.74 Å². The maximum atomic E-state index is 13.4. The molecule has 0 saturated carbocycles. The molecule has 1 aliphatic rings. The number of benzene rings is 1. The van der Waals surface area contributed by atoms with E-state index in [-0.39, 0.29) is 30.9 Å². The van der Waals surface area contributed by atoms with Crippen LogP contribution in [0.4, 0.5) is 4.39 Å². The number of carbonyl (C=O) groups is 1. The number of nitrogens with zero attached hydrogens (tertiary/aromatic N) is 2. The maximum absolute atomic E-state index is 13.4. The van der Waals surface area contributed by atoms with Gasteiger partial charge >= 0.3 is 0 Å². The predicted octanol–water partition coefficient (Wildman–Crippen LogP) is 4.14. The van der Waals surface area contributed by atoms with Crippen molar-refractivity contribution in [3.63, 3.8) is 0 Å². The van der Waals surface area contributed by atoms with E-state index in [9.17, 15) is 14.3 Å². The molecule has 0 radical (unpaired) electrons. The minimum Gasteiger partial charge on any atom is -0.491 e. The molecule has 2 aromatic rings. The first-order chi connectivity index (χ1) is 16.4. The zero-order valence-corrected chi connectivity index (χ0v) is 21.2. The van der Waals surface area contributed by atoms with Crippen LogP contribution in [-0.2, 0) is 16.0 Å². The number of aliphatic hydroxyl groups is 1. The quantitative estimate of drug-likeness (QED) is 0.455. The van der Waals surface area contributed by atoms with Gasteiger partial charge < -0.3 is 19.5 Å². The van der Waals surface area contributed by atoms with Crippen LogP contribution in [0.1, 0.15) is 43.7 Å². The van der Waals surface area contributed by atoms with E-state index in [0.29, 0.717) is 38.0 Å². The predicted molar refractivity (Wildman–Crippen MR) is 133 cm³/mol. The van der Waals surface area contributed by atoms with E-state index in [2.05, 4.69) is 32.2 Å². The summed E-state index contributed by atoms with van der Waals surface area (Å²) >= 11 is 1.71. The Labute approximate surface area is 206 Å². The number of amides is 1. The smallest absolute Gasteiger partial charge is 0.237 e. The monoisotopic (exact) mass is 492 g/mol. The number of hydrogen-bond acceptors (Lipinski definition) is 6. The Balaban J connectivity index is 1.64. The lowest BCUT2D eigenvalue weighted by Crippen LogP contribution is -2.48. The number of hydrogen-bond donors (Lipinski definition) is 1. The summed E-state index contributed by atoms with van der Waals surface area (Å²) in [6, 6.07) is 7.81. The zero-order chi connectivity index (χ0) is 24.5. The van der Waals surface area contributed by atoms with Gasteiger partial charge in [-0.25, -0.2) is 4.39 Å². The van der Waals surface area contributed by atoms with Crippen LogP contribution in [0.3, 0.4) is 0 Å². The van der Waals surface area contributed by atoms with E-state index in [0.717, 1.165) is 24.9 Å². The number of ether oxygens (including phenoxy) is 2. The molecule has 188 valence electrons. The van der Waals surface area contributed by atoms with Crippen LogP contribution in [-0.4, -0.2) is 72.9 Å². The summed E-state index contributed by atoms with van der Waals surface area (Å²) in [6.45, 7) is 9.37. The maximum Gasteiger partial charge on any atom is 0.237 e. The molecule has 8 heteroatoms. The third-order valence-electron chi connectivity index (χ3n) is 5.77. The third kappa shape index (κ3) is 7.77. The van der Waals surface area contributed by atoms with Gasteiger partial charge in [0.1, 0.15) is 18.2 Å². The normalized spacial score (nSPS) is 16.7. The molecule has 0 saturated heterocycles. The van der Waals surface area contributed by atoms with Gasteiger partial charge in [0.2, 0.25) is 5.91 Å². The summed E-state index contributed by atoms with van der Waals surface area (Å²) in [5.41, 5.74) is 1.12. The van der Waals surface area contributed by atoms with E-state index in [1.54, 1.807) is 23.5 Å². The van der Waals surface area contributed by atoms with Crippen molar-refractivity contribution in [2.75, 3.05) is 46.0 Å². The zero-order valence-electron chi connectivity index (χ0n) is 20.4. The molecule has 1 aromatic carbocycles. The first-order valence-electron chi connectivity index (χ1n) is 12.1. The number of halogens is 1. The van der Waals surface area contributed by atoms with Gasteiger partial charge in [-0.2, -0.15) is 0 Å². The van der Waals surface area contributed by atoms with E-state index in [1.807, 2.05) is 9.80 Å². The molecule has 0 fully saturated rings. The molecule has 1 aromatic heterocycles. The molecule has 0 bridgehead atoms. The fourth-order valence-electron chi connectivity index (χ4n) is 4.20. The number of thiophene rings is 1. The molecule has 1 aliphatic heterocycles. The fraction of sp³-hybridized carbons (Fsp3) is 0.577. The van der Waals surface area contributed by atoms with Crippen molar-refractivity contribution in [1.82, 2.24) is 9.80 Å². The molecule has 3 rings (SSSR count). The van der Waals surface area contributed by atoms with Crippen molar-refractivity contribution in [1.29, 1.82) is 0 Å². The largest absolute Gasteiger partial charge is 0.491 e. The molecule has 34 heavy (non-hydrogen) atoms. The van der Waals surface area contributed by atoms with Gasteiger partial charge in [-0.1, -0.05) is 20.8 Å². The highest BCUT2D eigenvalue weighted by molar-refractivity contribution is 7.10. The van der Waals surface area contributed by atoms with E-state index in [4.69, 9.17) is 9.47 Å². The van der Waals surface area contributed by atoms with Crippen LogP contribution in [0.5, 0.6) is 5.75 Å². The van der Waals surface area contributed by atoms with Gasteiger partial charge in [0.25, 0.3) is 0 Å². The van der Waals surface area contributed by atoms with Gasteiger partial charge in [0, 0.05) is 24.6 Å². The SMILES string of the molecule is CCCN(CC(=O)N1CCc2sccc2[C@H]1COc1ccc(F)cc1)C[C@@H](O)COCC(C)C. The van der Waals surface area contributed by atoms with Crippen LogP contribution >= 0.6 is 11.3 Å². The Bertz CT molecular complexity index is 889. The molecule has 2 atom stereocenters. The van der Waals surface area contributed by atoms with Crippen molar-refractivity contribution >= 4 is 17.2 Å². The van der Waals surface area contributed by atoms with Crippen LogP contribution in [0, 0.1) is 11.7 Å². The lowest BCUT2D eigenvalue weighted by Gasteiger charge is -2.37. The third-order valence-corrected chi connectivity index (χ3v) is 6.76. The molecule has 0 spiro atoms. The fourth-order valence-corrected chi connectivity index (χ4v) is 5.13. The second-order valence-electron chi connectivity index (χ2n) is 9.24. The topological polar surface area (TPSA) is 62.2 Å². The molecule has 0 unspecified atom stereocenters. The molecular weight excluding hydrogens is 455 g/mol. The average Bonchev–Trinajstić information content (AvgIpc) is 3.27. The van der Waals surface area contributed by atoms with Crippen molar-refractivity contribution in [3.05, 3.63) is 52.0 Å². The highest BCUT2D eigenvalue weighted by Gasteiger charge is 2.33. The summed E-state index contributed by atoms with van der Waals surface area (Å²) in [5, 5.41) is 12.5. The lowest BCUT2D eigenvalue weighted by atomic mass is 10.0. The second kappa shape index (κ2) is 13.2. The van der Waals surface area contributed by atoms with E-state index in [1.165, 1.54) is 17.0 Å². The van der Waals surface area contributed by atoms with Crippen molar-refractivity contribution in [2.45, 2.75) is 45.8 Å². The summed E-state index contributed by atoms with van der Waals surface area (Å²) < 4.78 is 24.8. The Kier molecular flexibility index (Phi) is 10.3. The van der Waals surface area contributed by atoms with Gasteiger partial charge in [-0.05, 0) is 66.6 Å². The van der Waals surface area contributed by atoms with Crippen LogP contribution in [0.25, 0.3) is 0 Å². The van der Waals surface area contributed by atoms with Crippen molar-refractivity contribution in [2.24, 2.45) is 5.92 Å². The van der Waals surface area contributed by atoms with Crippen LogP contribution in [0.15, 0.2) is 35.7 Å². The molecular formula is C26H37FN2O4S. The minimum absolute atomic E-state index is 0.0216. The summed E-state index contributed by atoms with van der Waals surface area (Å²) in [4.78, 5) is 18.6. The standard InChI is InChI=1S/C26H37FN2O4S/c1-4-11-28(14-21(30)17-32-16-19(2)3)15-26(31)29-12-9-25-23(10-13-34-25)24(29)18-33-22-7-5-20(27)6-8-22/h5-8,10,13,19,21,24,30H,4,9,11-12,14-18H2,1-3H3/t21-,24-/m1/s1. The summed E-state index contributed by atoms with van der Waals surface area (Å²) in [6.07, 6.45) is 1.07. The number of fused-ring (bicyclic) bond motifs is 1. The minimum atomic E-state index is -0.638. The molecule has 1 amide bonds. The molecule has 1 N–H and O–H groups in total. The van der Waals surface area contributed by atoms with Gasteiger partial charge in [-0.15, -0.1) is 11.3 Å². The average molecular weight is 493 g/mol. The second-order valence-corrected chi connectivity index (χ2v) is 10.2. The Morgan fingerprint density at radius 2 is 2.03 bits per heavy atom. The molecule has 0 aliphatic carbocycles. The first kappa shape index (κ1) is 26.6. The Morgan fingerprint density at radius 3 is 2.74 bits per heavy atom. The number of rotatable bonds is 13. The van der Waals surface area contributed by atoms with E-state index >= 15 is 0 Å². The number of carbonyl (C=O) groups excluding carboxylic acids is 1. The van der Waals surface area contributed by atoms with Crippen molar-refractivity contribution in [3.8, 4) is 5.75 Å². The number of aliphatic hydroxyl groups excluding tert-OH is 1. The van der Waals surface area contributed by atoms with Crippen LogP contribution in [0.2, 0.25) is 0 Å².